The maximum atomic E-state index is 9.25. The largest absolute Gasteiger partial charge is 0.508 e. The zero-order valence-electron chi connectivity index (χ0n) is 11.8. The summed E-state index contributed by atoms with van der Waals surface area (Å²) < 4.78 is 5.23. The Bertz CT molecular complexity index is 534. The third-order valence-corrected chi connectivity index (χ3v) is 3.19. The minimum atomic E-state index is -0.351. The monoisotopic (exact) mass is 276 g/mol. The number of anilines is 1. The van der Waals surface area contributed by atoms with Gasteiger partial charge in [0, 0.05) is 13.1 Å². The fourth-order valence-corrected chi connectivity index (χ4v) is 1.99. The van der Waals surface area contributed by atoms with Crippen molar-refractivity contribution in [1.82, 2.24) is 10.1 Å². The lowest BCUT2D eigenvalue weighted by atomic mass is 10.1. The molecule has 6 nitrogen and oxygen atoms in total. The summed E-state index contributed by atoms with van der Waals surface area (Å²) >= 11 is 0. The summed E-state index contributed by atoms with van der Waals surface area (Å²) in [5, 5.41) is 13.2. The van der Waals surface area contributed by atoms with Gasteiger partial charge >= 0.3 is 0 Å². The molecule has 20 heavy (non-hydrogen) atoms. The van der Waals surface area contributed by atoms with Crippen molar-refractivity contribution >= 4 is 5.95 Å². The van der Waals surface area contributed by atoms with Gasteiger partial charge in [-0.1, -0.05) is 12.1 Å². The number of rotatable bonds is 6. The van der Waals surface area contributed by atoms with Gasteiger partial charge in [-0.05, 0) is 43.1 Å². The molecule has 1 aromatic carbocycles. The van der Waals surface area contributed by atoms with Crippen molar-refractivity contribution in [2.24, 2.45) is 5.73 Å². The zero-order chi connectivity index (χ0) is 14.5. The maximum Gasteiger partial charge on any atom is 0.266 e. The predicted octanol–water partition coefficient (Wildman–Crippen LogP) is 1.86. The number of hydrogen-bond acceptors (Lipinski definition) is 6. The number of nitrogens with zero attached hydrogens (tertiary/aromatic N) is 3. The Hall–Kier alpha value is -2.08. The highest BCUT2D eigenvalue weighted by Crippen LogP contribution is 2.19. The van der Waals surface area contributed by atoms with E-state index in [2.05, 4.69) is 10.1 Å². The molecule has 3 N–H and O–H groups in total. The van der Waals surface area contributed by atoms with Gasteiger partial charge in [-0.25, -0.2) is 0 Å². The van der Waals surface area contributed by atoms with Gasteiger partial charge in [0.15, 0.2) is 0 Å². The summed E-state index contributed by atoms with van der Waals surface area (Å²) in [6.45, 7) is 5.72. The predicted molar refractivity (Wildman–Crippen MR) is 76.6 cm³/mol. The lowest BCUT2D eigenvalue weighted by Crippen LogP contribution is -2.23. The Labute approximate surface area is 118 Å². The van der Waals surface area contributed by atoms with Crippen molar-refractivity contribution < 1.29 is 9.63 Å². The van der Waals surface area contributed by atoms with Crippen LogP contribution in [0, 0.1) is 0 Å². The number of hydrogen-bond donors (Lipinski definition) is 2. The Morgan fingerprint density at radius 2 is 1.90 bits per heavy atom. The molecule has 1 aromatic heterocycles. The molecule has 6 heteroatoms. The second-order valence-corrected chi connectivity index (χ2v) is 4.58. The average molecular weight is 276 g/mol. The van der Waals surface area contributed by atoms with Crippen molar-refractivity contribution in [3.63, 3.8) is 0 Å². The van der Waals surface area contributed by atoms with Crippen LogP contribution in [0.5, 0.6) is 5.75 Å². The fraction of sp³-hybridized carbons (Fsp3) is 0.429. The van der Waals surface area contributed by atoms with Crippen molar-refractivity contribution in [1.29, 1.82) is 0 Å². The van der Waals surface area contributed by atoms with Gasteiger partial charge < -0.3 is 20.3 Å². The quantitative estimate of drug-likeness (QED) is 0.837. The second kappa shape index (κ2) is 6.38. The van der Waals surface area contributed by atoms with Gasteiger partial charge in [0.2, 0.25) is 5.89 Å². The van der Waals surface area contributed by atoms with Crippen LogP contribution >= 0.6 is 0 Å². The topological polar surface area (TPSA) is 88.4 Å². The van der Waals surface area contributed by atoms with Crippen LogP contribution in [0.25, 0.3) is 0 Å². The van der Waals surface area contributed by atoms with Gasteiger partial charge in [0.05, 0.1) is 6.04 Å². The van der Waals surface area contributed by atoms with E-state index in [4.69, 9.17) is 10.3 Å². The molecule has 0 aliphatic carbocycles. The van der Waals surface area contributed by atoms with E-state index in [0.717, 1.165) is 18.7 Å². The summed E-state index contributed by atoms with van der Waals surface area (Å²) in [7, 11) is 0. The van der Waals surface area contributed by atoms with Gasteiger partial charge in [0.25, 0.3) is 5.95 Å². The summed E-state index contributed by atoms with van der Waals surface area (Å²) in [4.78, 5) is 6.34. The maximum absolute atomic E-state index is 9.25. The molecule has 2 aromatic rings. The van der Waals surface area contributed by atoms with Crippen LogP contribution in [0.4, 0.5) is 5.95 Å². The highest BCUT2D eigenvalue weighted by Gasteiger charge is 2.17. The Morgan fingerprint density at radius 1 is 1.25 bits per heavy atom. The van der Waals surface area contributed by atoms with Gasteiger partial charge in [0.1, 0.15) is 5.75 Å². The van der Waals surface area contributed by atoms with Crippen LogP contribution in [0.1, 0.15) is 31.3 Å². The van der Waals surface area contributed by atoms with Crippen LogP contribution in [0.15, 0.2) is 28.8 Å². The lowest BCUT2D eigenvalue weighted by Gasteiger charge is -2.14. The Balaban J connectivity index is 2.05. The number of nitrogens with two attached hydrogens (primary N) is 1. The standard InChI is InChI=1S/C14H20N4O2/c1-3-18(4-2)14-16-13(20-17-14)12(15)9-10-5-7-11(19)8-6-10/h5-8,12,19H,3-4,9,15H2,1-2H3. The number of aromatic hydroxyl groups is 1. The molecule has 0 fully saturated rings. The summed E-state index contributed by atoms with van der Waals surface area (Å²) in [6, 6.07) is 6.58. The number of phenols is 1. The molecule has 108 valence electrons. The lowest BCUT2D eigenvalue weighted by molar-refractivity contribution is 0.353. The van der Waals surface area contributed by atoms with E-state index >= 15 is 0 Å². The highest BCUT2D eigenvalue weighted by atomic mass is 16.5. The molecule has 0 aliphatic rings. The third kappa shape index (κ3) is 3.27. The second-order valence-electron chi connectivity index (χ2n) is 4.58. The SMILES string of the molecule is CCN(CC)c1noc(C(N)Cc2ccc(O)cc2)n1. The highest BCUT2D eigenvalue weighted by molar-refractivity contribution is 5.29. The molecule has 1 unspecified atom stereocenters. The van der Waals surface area contributed by atoms with Crippen LogP contribution in [-0.4, -0.2) is 28.3 Å². The molecule has 2 rings (SSSR count). The molecule has 1 heterocycles. The van der Waals surface area contributed by atoms with Gasteiger partial charge in [-0.2, -0.15) is 4.98 Å². The first-order valence-corrected chi connectivity index (χ1v) is 6.76. The third-order valence-electron chi connectivity index (χ3n) is 3.19. The van der Waals surface area contributed by atoms with Crippen LogP contribution in [-0.2, 0) is 6.42 Å². The molecular weight excluding hydrogens is 256 g/mol. The number of benzene rings is 1. The molecule has 0 aliphatic heterocycles. The van der Waals surface area contributed by atoms with Crippen LogP contribution in [0.2, 0.25) is 0 Å². The molecule has 0 bridgehead atoms. The number of aromatic nitrogens is 2. The van der Waals surface area contributed by atoms with Crippen molar-refractivity contribution in [3.8, 4) is 5.75 Å². The molecule has 1 atom stereocenters. The molecule has 0 radical (unpaired) electrons. The zero-order valence-corrected chi connectivity index (χ0v) is 11.8. The molecule has 0 spiro atoms. The van der Waals surface area contributed by atoms with E-state index in [-0.39, 0.29) is 11.8 Å². The van der Waals surface area contributed by atoms with Crippen LogP contribution < -0.4 is 10.6 Å². The minimum Gasteiger partial charge on any atom is -0.508 e. The first kappa shape index (κ1) is 14.3. The smallest absolute Gasteiger partial charge is 0.266 e. The van der Waals surface area contributed by atoms with E-state index in [1.54, 1.807) is 12.1 Å². The first-order chi connectivity index (χ1) is 9.63. The van der Waals surface area contributed by atoms with Crippen molar-refractivity contribution in [2.45, 2.75) is 26.3 Å². The van der Waals surface area contributed by atoms with Gasteiger partial charge in [-0.15, -0.1) is 0 Å². The van der Waals surface area contributed by atoms with Crippen LogP contribution in [0.3, 0.4) is 0 Å². The van der Waals surface area contributed by atoms with E-state index in [9.17, 15) is 5.11 Å². The Kier molecular flexibility index (Phi) is 4.57. The van der Waals surface area contributed by atoms with Gasteiger partial charge in [-0.3, -0.25) is 0 Å². The fourth-order valence-electron chi connectivity index (χ4n) is 1.99. The van der Waals surface area contributed by atoms with E-state index in [0.29, 0.717) is 18.3 Å². The van der Waals surface area contributed by atoms with Crippen molar-refractivity contribution in [2.75, 3.05) is 18.0 Å². The minimum absolute atomic E-state index is 0.240. The summed E-state index contributed by atoms with van der Waals surface area (Å²) in [5.41, 5.74) is 7.10. The molecular formula is C14H20N4O2. The molecule has 0 amide bonds. The average Bonchev–Trinajstić information content (AvgIpc) is 2.92. The van der Waals surface area contributed by atoms with E-state index in [1.807, 2.05) is 30.9 Å². The Morgan fingerprint density at radius 3 is 2.50 bits per heavy atom. The first-order valence-electron chi connectivity index (χ1n) is 6.76. The van der Waals surface area contributed by atoms with E-state index < -0.39 is 0 Å². The molecule has 0 saturated carbocycles. The van der Waals surface area contributed by atoms with Crippen molar-refractivity contribution in [3.05, 3.63) is 35.7 Å². The summed E-state index contributed by atoms with van der Waals surface area (Å²) in [6.07, 6.45) is 0.583. The summed E-state index contributed by atoms with van der Waals surface area (Å²) in [5.74, 6) is 1.25. The molecule has 0 saturated heterocycles. The number of phenolic OH excluding ortho intramolecular Hbond substituents is 1. The normalized spacial score (nSPS) is 12.3. The van der Waals surface area contributed by atoms with E-state index in [1.165, 1.54) is 0 Å².